The minimum Gasteiger partial charge on any atom is -0.459 e. The number of benzene rings is 2. The highest BCUT2D eigenvalue weighted by Crippen LogP contribution is 2.53. The molecule has 1 aliphatic rings. The lowest BCUT2D eigenvalue weighted by atomic mass is 9.61. The Morgan fingerprint density at radius 3 is 2.35 bits per heavy atom. The van der Waals surface area contributed by atoms with Gasteiger partial charge in [0.25, 0.3) is 0 Å². The Morgan fingerprint density at radius 1 is 1.12 bits per heavy atom. The SMILES string of the molecule is CC(C)c1cc(C(C)C)c2c(c1)[C@H](C)[C@@]2(O)COC(=O)c1ccccc1. The van der Waals surface area contributed by atoms with Gasteiger partial charge in [-0.2, -0.15) is 0 Å². The van der Waals surface area contributed by atoms with Gasteiger partial charge >= 0.3 is 5.97 Å². The highest BCUT2D eigenvalue weighted by molar-refractivity contribution is 5.89. The smallest absolute Gasteiger partial charge is 0.338 e. The van der Waals surface area contributed by atoms with Crippen LogP contribution < -0.4 is 0 Å². The van der Waals surface area contributed by atoms with Crippen LogP contribution in [-0.4, -0.2) is 17.7 Å². The van der Waals surface area contributed by atoms with Crippen molar-refractivity contribution in [2.75, 3.05) is 6.61 Å². The van der Waals surface area contributed by atoms with E-state index in [1.165, 1.54) is 11.1 Å². The first-order valence-corrected chi connectivity index (χ1v) is 9.38. The number of hydrogen-bond donors (Lipinski definition) is 1. The summed E-state index contributed by atoms with van der Waals surface area (Å²) in [5.41, 5.74) is 3.96. The van der Waals surface area contributed by atoms with Gasteiger partial charge in [-0.15, -0.1) is 0 Å². The van der Waals surface area contributed by atoms with Gasteiger partial charge in [-0.1, -0.05) is 65.0 Å². The zero-order valence-electron chi connectivity index (χ0n) is 16.2. The monoisotopic (exact) mass is 352 g/mol. The number of rotatable bonds is 5. The van der Waals surface area contributed by atoms with E-state index in [9.17, 15) is 9.90 Å². The molecule has 138 valence electrons. The Kier molecular flexibility index (Phi) is 4.94. The maximum atomic E-state index is 12.3. The summed E-state index contributed by atoms with van der Waals surface area (Å²) in [4.78, 5) is 12.3. The lowest BCUT2D eigenvalue weighted by Crippen LogP contribution is -2.48. The quantitative estimate of drug-likeness (QED) is 0.762. The second kappa shape index (κ2) is 6.88. The van der Waals surface area contributed by atoms with Crippen molar-refractivity contribution < 1.29 is 14.6 Å². The van der Waals surface area contributed by atoms with Crippen LogP contribution in [0.2, 0.25) is 0 Å². The van der Waals surface area contributed by atoms with Crippen molar-refractivity contribution in [2.24, 2.45) is 0 Å². The fourth-order valence-electron chi connectivity index (χ4n) is 3.77. The minimum atomic E-state index is -1.12. The fraction of sp³-hybridized carbons (Fsp3) is 0.435. The Hall–Kier alpha value is -2.13. The molecule has 0 aromatic heterocycles. The largest absolute Gasteiger partial charge is 0.459 e. The van der Waals surface area contributed by atoms with E-state index in [0.717, 1.165) is 11.1 Å². The Bertz CT molecular complexity index is 808. The van der Waals surface area contributed by atoms with Crippen molar-refractivity contribution in [2.45, 2.75) is 58.0 Å². The predicted octanol–water partition coefficient (Wildman–Crippen LogP) is 5.10. The number of ether oxygens (including phenoxy) is 1. The van der Waals surface area contributed by atoms with Crippen molar-refractivity contribution in [3.05, 3.63) is 70.3 Å². The Balaban J connectivity index is 1.89. The zero-order valence-corrected chi connectivity index (χ0v) is 16.2. The second-order valence-corrected chi connectivity index (χ2v) is 7.97. The molecule has 1 N–H and O–H groups in total. The van der Waals surface area contributed by atoms with Gasteiger partial charge in [0.1, 0.15) is 12.2 Å². The lowest BCUT2D eigenvalue weighted by molar-refractivity contribution is -0.0708. The minimum absolute atomic E-state index is 0.0182. The van der Waals surface area contributed by atoms with Crippen LogP contribution >= 0.6 is 0 Å². The molecule has 0 amide bonds. The average Bonchev–Trinajstić information content (AvgIpc) is 2.64. The maximum Gasteiger partial charge on any atom is 0.338 e. The molecule has 0 heterocycles. The molecular weight excluding hydrogens is 324 g/mol. The molecule has 26 heavy (non-hydrogen) atoms. The summed E-state index contributed by atoms with van der Waals surface area (Å²) in [6.45, 7) is 10.6. The second-order valence-electron chi connectivity index (χ2n) is 7.97. The van der Waals surface area contributed by atoms with Gasteiger partial charge in [0.05, 0.1) is 5.56 Å². The van der Waals surface area contributed by atoms with Crippen molar-refractivity contribution in [3.8, 4) is 0 Å². The molecule has 0 saturated heterocycles. The first-order chi connectivity index (χ1) is 12.3. The lowest BCUT2D eigenvalue weighted by Gasteiger charge is -2.47. The van der Waals surface area contributed by atoms with Crippen molar-refractivity contribution in [1.29, 1.82) is 0 Å². The molecule has 0 fully saturated rings. The number of esters is 1. The van der Waals surface area contributed by atoms with Gasteiger partial charge < -0.3 is 9.84 Å². The number of fused-ring (bicyclic) bond motifs is 1. The van der Waals surface area contributed by atoms with E-state index in [0.29, 0.717) is 17.4 Å². The molecule has 0 unspecified atom stereocenters. The summed E-state index contributed by atoms with van der Waals surface area (Å²) in [7, 11) is 0. The highest BCUT2D eigenvalue weighted by atomic mass is 16.5. The topological polar surface area (TPSA) is 46.5 Å². The summed E-state index contributed by atoms with van der Waals surface area (Å²) in [6, 6.07) is 13.3. The molecule has 1 aliphatic carbocycles. The summed E-state index contributed by atoms with van der Waals surface area (Å²) in [5.74, 6) is 0.280. The molecule has 2 atom stereocenters. The van der Waals surface area contributed by atoms with E-state index in [1.807, 2.05) is 13.0 Å². The van der Waals surface area contributed by atoms with Gasteiger partial charge in [-0.05, 0) is 46.2 Å². The summed E-state index contributed by atoms with van der Waals surface area (Å²) < 4.78 is 5.49. The molecule has 0 bridgehead atoms. The van der Waals surface area contributed by atoms with Gasteiger partial charge in [0, 0.05) is 5.92 Å². The van der Waals surface area contributed by atoms with Crippen LogP contribution in [0, 0.1) is 0 Å². The third-order valence-corrected chi connectivity index (χ3v) is 5.56. The summed E-state index contributed by atoms with van der Waals surface area (Å²) in [6.07, 6.45) is 0. The van der Waals surface area contributed by atoms with Gasteiger partial charge in [-0.3, -0.25) is 0 Å². The van der Waals surface area contributed by atoms with E-state index in [4.69, 9.17) is 4.74 Å². The standard InChI is InChI=1S/C23H28O3/c1-14(2)18-11-19(15(3)4)21-20(12-18)16(5)23(21,25)13-26-22(24)17-9-7-6-8-10-17/h6-12,14-16,25H,13H2,1-5H3/t16-,23-/m0/s1. The third kappa shape index (κ3) is 3.05. The van der Waals surface area contributed by atoms with Gasteiger partial charge in [0.2, 0.25) is 0 Å². The van der Waals surface area contributed by atoms with Crippen molar-refractivity contribution in [1.82, 2.24) is 0 Å². The Morgan fingerprint density at radius 2 is 1.77 bits per heavy atom. The van der Waals surface area contributed by atoms with E-state index in [-0.39, 0.29) is 12.5 Å². The molecular formula is C23H28O3. The molecule has 0 spiro atoms. The number of hydrogen-bond acceptors (Lipinski definition) is 3. The molecule has 3 nitrogen and oxygen atoms in total. The summed E-state index contributed by atoms with van der Waals surface area (Å²) in [5, 5.41) is 11.3. The zero-order chi connectivity index (χ0) is 19.1. The number of carbonyl (C=O) groups excluding carboxylic acids is 1. The van der Waals surface area contributed by atoms with E-state index >= 15 is 0 Å². The van der Waals surface area contributed by atoms with Gasteiger partial charge in [0.15, 0.2) is 0 Å². The van der Waals surface area contributed by atoms with E-state index in [2.05, 4.69) is 39.8 Å². The van der Waals surface area contributed by atoms with Crippen LogP contribution in [0.4, 0.5) is 0 Å². The van der Waals surface area contributed by atoms with Crippen LogP contribution in [0.3, 0.4) is 0 Å². The van der Waals surface area contributed by atoms with Crippen LogP contribution in [0.15, 0.2) is 42.5 Å². The van der Waals surface area contributed by atoms with Gasteiger partial charge in [-0.25, -0.2) is 4.79 Å². The van der Waals surface area contributed by atoms with Crippen LogP contribution in [0.1, 0.15) is 85.0 Å². The maximum absolute atomic E-state index is 12.3. The van der Waals surface area contributed by atoms with Crippen LogP contribution in [-0.2, 0) is 10.3 Å². The predicted molar refractivity (Wildman–Crippen MR) is 104 cm³/mol. The molecule has 0 radical (unpaired) electrons. The third-order valence-electron chi connectivity index (χ3n) is 5.56. The molecule has 3 heteroatoms. The fourth-order valence-corrected chi connectivity index (χ4v) is 3.77. The van der Waals surface area contributed by atoms with Crippen LogP contribution in [0.25, 0.3) is 0 Å². The van der Waals surface area contributed by atoms with Crippen molar-refractivity contribution >= 4 is 5.97 Å². The normalized spacial score (nSPS) is 21.5. The summed E-state index contributed by atoms with van der Waals surface area (Å²) >= 11 is 0. The number of aliphatic hydroxyl groups is 1. The first kappa shape index (κ1) is 18.7. The average molecular weight is 352 g/mol. The number of carbonyl (C=O) groups is 1. The first-order valence-electron chi connectivity index (χ1n) is 9.38. The van der Waals surface area contributed by atoms with E-state index < -0.39 is 11.6 Å². The molecule has 3 rings (SSSR count). The van der Waals surface area contributed by atoms with Crippen LogP contribution in [0.5, 0.6) is 0 Å². The molecule has 0 saturated carbocycles. The van der Waals surface area contributed by atoms with E-state index in [1.54, 1.807) is 24.3 Å². The molecule has 0 aliphatic heterocycles. The Labute approximate surface area is 156 Å². The highest BCUT2D eigenvalue weighted by Gasteiger charge is 2.51. The molecule has 2 aromatic rings. The van der Waals surface area contributed by atoms with Crippen molar-refractivity contribution in [3.63, 3.8) is 0 Å². The molecule has 2 aromatic carbocycles.